The normalized spacial score (nSPS) is 52.9. The first-order chi connectivity index (χ1) is 13.6. The highest BCUT2D eigenvalue weighted by atomic mass is 16.4. The zero-order chi connectivity index (χ0) is 21.1. The Morgan fingerprint density at radius 2 is 1.59 bits per heavy atom. The fraction of sp³-hybridized carbons (Fsp3) is 0.958. The number of aliphatic hydroxyl groups excluding tert-OH is 3. The summed E-state index contributed by atoms with van der Waals surface area (Å²) in [5, 5.41) is 41.7. The van der Waals surface area contributed by atoms with Crippen molar-refractivity contribution in [2.45, 2.75) is 96.9 Å². The van der Waals surface area contributed by atoms with E-state index in [2.05, 4.69) is 20.8 Å². The molecule has 4 rings (SSSR count). The molecule has 0 aromatic rings. The molecular formula is C24H40O5. The second kappa shape index (κ2) is 7.49. The first-order valence-electron chi connectivity index (χ1n) is 11.9. The molecule has 11 atom stereocenters. The lowest BCUT2D eigenvalue weighted by Gasteiger charge is -2.63. The Balaban J connectivity index is 1.59. The van der Waals surface area contributed by atoms with Crippen LogP contribution in [-0.4, -0.2) is 44.7 Å². The molecule has 0 heterocycles. The van der Waals surface area contributed by atoms with Gasteiger partial charge in [-0.2, -0.15) is 0 Å². The molecule has 0 spiro atoms. The summed E-state index contributed by atoms with van der Waals surface area (Å²) in [6.45, 7) is 6.89. The van der Waals surface area contributed by atoms with E-state index in [1.165, 1.54) is 0 Å². The average Bonchev–Trinajstić information content (AvgIpc) is 3.02. The molecule has 4 N–H and O–H groups in total. The lowest BCUT2D eigenvalue weighted by molar-refractivity contribution is -0.223. The number of carboxylic acid groups (broad SMARTS) is 1. The van der Waals surface area contributed by atoms with E-state index < -0.39 is 18.2 Å². The predicted octanol–water partition coefficient (Wildman–Crippen LogP) is 3.45. The molecule has 0 saturated heterocycles. The fourth-order valence-electron chi connectivity index (χ4n) is 8.77. The third-order valence-corrected chi connectivity index (χ3v) is 10.3. The molecule has 4 fully saturated rings. The van der Waals surface area contributed by atoms with Crippen molar-refractivity contribution in [3.63, 3.8) is 0 Å². The Kier molecular flexibility index (Phi) is 5.57. The standard InChI is InChI=1S/C24H40O5/c1-13(4-7-19(26)27)15-5-6-16-20-17(9-11-23(15,16)2)24(3)10-8-14(25)12-18(24)21(28)22(20)29/h13-18,20-22,25,28-29H,4-12H2,1-3H3,(H,26,27)/t13-,14-,15+,16-,17+,18-,20-,21-,22+,23-,24-/m1/s1. The van der Waals surface area contributed by atoms with E-state index in [9.17, 15) is 20.1 Å². The van der Waals surface area contributed by atoms with Gasteiger partial charge in [0.2, 0.25) is 0 Å². The van der Waals surface area contributed by atoms with Gasteiger partial charge in [-0.05, 0) is 97.7 Å². The largest absolute Gasteiger partial charge is 0.481 e. The Hall–Kier alpha value is -0.650. The summed E-state index contributed by atoms with van der Waals surface area (Å²) >= 11 is 0. The molecule has 4 saturated carbocycles. The SMILES string of the molecule is C[C@H](CCC(=O)O)[C@@H]1CC[C@@H]2[C@H]3[C@H](O)[C@H](O)[C@H]4C[C@H](O)CC[C@]4(C)[C@H]3CC[C@@]21C. The number of hydrogen-bond acceptors (Lipinski definition) is 4. The van der Waals surface area contributed by atoms with Gasteiger partial charge in [0.1, 0.15) is 0 Å². The van der Waals surface area contributed by atoms with Crippen LogP contribution in [0.3, 0.4) is 0 Å². The maximum absolute atomic E-state index is 11.3. The van der Waals surface area contributed by atoms with E-state index in [-0.39, 0.29) is 35.2 Å². The minimum absolute atomic E-state index is 0.00309. The number of carbonyl (C=O) groups is 1. The summed E-state index contributed by atoms with van der Waals surface area (Å²) in [7, 11) is 0. The van der Waals surface area contributed by atoms with Crippen LogP contribution in [0.1, 0.15) is 78.6 Å². The Morgan fingerprint density at radius 1 is 0.931 bits per heavy atom. The molecule has 0 aromatic heterocycles. The summed E-state index contributed by atoms with van der Waals surface area (Å²) in [5.41, 5.74) is 0.119. The van der Waals surface area contributed by atoms with Gasteiger partial charge in [-0.1, -0.05) is 20.8 Å². The van der Waals surface area contributed by atoms with E-state index >= 15 is 0 Å². The van der Waals surface area contributed by atoms with Gasteiger partial charge in [-0.15, -0.1) is 0 Å². The molecule has 0 unspecified atom stereocenters. The summed E-state index contributed by atoms with van der Waals surface area (Å²) in [6.07, 6.45) is 5.87. The molecule has 5 heteroatoms. The smallest absolute Gasteiger partial charge is 0.303 e. The minimum Gasteiger partial charge on any atom is -0.481 e. The van der Waals surface area contributed by atoms with Crippen molar-refractivity contribution in [3.05, 3.63) is 0 Å². The van der Waals surface area contributed by atoms with Crippen LogP contribution in [0.25, 0.3) is 0 Å². The van der Waals surface area contributed by atoms with Gasteiger partial charge in [0, 0.05) is 6.42 Å². The quantitative estimate of drug-likeness (QED) is 0.571. The summed E-state index contributed by atoms with van der Waals surface area (Å²) < 4.78 is 0. The summed E-state index contributed by atoms with van der Waals surface area (Å²) in [5.74, 6) is 1.06. The molecule has 0 radical (unpaired) electrons. The molecule has 0 aliphatic heterocycles. The van der Waals surface area contributed by atoms with Gasteiger partial charge in [-0.3, -0.25) is 4.79 Å². The fourth-order valence-corrected chi connectivity index (χ4v) is 8.77. The molecule has 4 aliphatic rings. The molecule has 29 heavy (non-hydrogen) atoms. The maximum Gasteiger partial charge on any atom is 0.303 e. The second-order valence-corrected chi connectivity index (χ2v) is 11.5. The van der Waals surface area contributed by atoms with Crippen LogP contribution >= 0.6 is 0 Å². The highest BCUT2D eigenvalue weighted by molar-refractivity contribution is 5.66. The van der Waals surface area contributed by atoms with Crippen molar-refractivity contribution in [2.75, 3.05) is 0 Å². The van der Waals surface area contributed by atoms with Crippen molar-refractivity contribution in [1.82, 2.24) is 0 Å². The van der Waals surface area contributed by atoms with Crippen molar-refractivity contribution in [1.29, 1.82) is 0 Å². The van der Waals surface area contributed by atoms with Crippen LogP contribution < -0.4 is 0 Å². The molecule has 4 aliphatic carbocycles. The van der Waals surface area contributed by atoms with Gasteiger partial charge >= 0.3 is 5.97 Å². The number of rotatable bonds is 4. The van der Waals surface area contributed by atoms with Crippen LogP contribution in [0.15, 0.2) is 0 Å². The molecule has 5 nitrogen and oxygen atoms in total. The summed E-state index contributed by atoms with van der Waals surface area (Å²) in [6, 6.07) is 0. The van der Waals surface area contributed by atoms with Gasteiger partial charge in [0.05, 0.1) is 18.3 Å². The molecular weight excluding hydrogens is 368 g/mol. The highest BCUT2D eigenvalue weighted by Gasteiger charge is 2.65. The number of fused-ring (bicyclic) bond motifs is 5. The first kappa shape index (κ1) is 21.6. The Morgan fingerprint density at radius 3 is 2.28 bits per heavy atom. The van der Waals surface area contributed by atoms with Crippen LogP contribution in [0.4, 0.5) is 0 Å². The van der Waals surface area contributed by atoms with E-state index in [4.69, 9.17) is 5.11 Å². The average molecular weight is 409 g/mol. The minimum atomic E-state index is -0.748. The zero-order valence-corrected chi connectivity index (χ0v) is 18.3. The van der Waals surface area contributed by atoms with E-state index in [1.807, 2.05) is 0 Å². The van der Waals surface area contributed by atoms with Gasteiger partial charge in [0.25, 0.3) is 0 Å². The molecule has 0 aromatic carbocycles. The third kappa shape index (κ3) is 3.27. The lowest BCUT2D eigenvalue weighted by Crippen LogP contribution is -2.64. The Labute approximate surface area is 174 Å². The van der Waals surface area contributed by atoms with Gasteiger partial charge in [-0.25, -0.2) is 0 Å². The lowest BCUT2D eigenvalue weighted by atomic mass is 9.43. The number of aliphatic carboxylic acids is 1. The Bertz CT molecular complexity index is 637. The first-order valence-corrected chi connectivity index (χ1v) is 11.9. The van der Waals surface area contributed by atoms with Crippen molar-refractivity contribution in [2.24, 2.45) is 46.3 Å². The highest BCUT2D eigenvalue weighted by Crippen LogP contribution is 2.68. The molecule has 166 valence electrons. The van der Waals surface area contributed by atoms with Crippen LogP contribution in [0, 0.1) is 46.3 Å². The number of hydrogen-bond donors (Lipinski definition) is 4. The van der Waals surface area contributed by atoms with Gasteiger partial charge in [0.15, 0.2) is 0 Å². The monoisotopic (exact) mass is 408 g/mol. The van der Waals surface area contributed by atoms with E-state index in [1.54, 1.807) is 0 Å². The summed E-state index contributed by atoms with van der Waals surface area (Å²) in [4.78, 5) is 11.1. The van der Waals surface area contributed by atoms with Crippen LogP contribution in [-0.2, 0) is 4.79 Å². The van der Waals surface area contributed by atoms with E-state index in [0.717, 1.165) is 44.9 Å². The topological polar surface area (TPSA) is 98.0 Å². The van der Waals surface area contributed by atoms with Crippen LogP contribution in [0.5, 0.6) is 0 Å². The molecule has 0 amide bonds. The number of aliphatic hydroxyl groups is 3. The van der Waals surface area contributed by atoms with Crippen LogP contribution in [0.2, 0.25) is 0 Å². The maximum atomic E-state index is 11.3. The zero-order valence-electron chi connectivity index (χ0n) is 18.3. The molecule has 0 bridgehead atoms. The second-order valence-electron chi connectivity index (χ2n) is 11.5. The van der Waals surface area contributed by atoms with E-state index in [0.29, 0.717) is 30.1 Å². The number of carboxylic acids is 1. The third-order valence-electron chi connectivity index (χ3n) is 10.3. The predicted molar refractivity (Wildman–Crippen MR) is 110 cm³/mol. The van der Waals surface area contributed by atoms with Crippen molar-refractivity contribution < 1.29 is 25.2 Å². The van der Waals surface area contributed by atoms with Crippen molar-refractivity contribution >= 4 is 5.97 Å². The van der Waals surface area contributed by atoms with Crippen molar-refractivity contribution in [3.8, 4) is 0 Å². The van der Waals surface area contributed by atoms with Gasteiger partial charge < -0.3 is 20.4 Å².